The van der Waals surface area contributed by atoms with Crippen molar-refractivity contribution in [3.63, 3.8) is 0 Å². The molecule has 0 fully saturated rings. The number of thiocarbonyl (C=S) groups is 1. The number of carbonyl (C=O) groups is 1. The van der Waals surface area contributed by atoms with Crippen molar-refractivity contribution in [3.8, 4) is 0 Å². The number of aliphatic imine (C=N–C) groups is 2. The number of amidine groups is 1. The fourth-order valence-corrected chi connectivity index (χ4v) is 4.14. The van der Waals surface area contributed by atoms with E-state index in [0.29, 0.717) is 27.0 Å². The van der Waals surface area contributed by atoms with E-state index in [-0.39, 0.29) is 35.2 Å². The summed E-state index contributed by atoms with van der Waals surface area (Å²) in [5, 5.41) is 11.5. The Labute approximate surface area is 196 Å². The van der Waals surface area contributed by atoms with Gasteiger partial charge >= 0.3 is 0 Å². The van der Waals surface area contributed by atoms with Crippen LogP contribution < -0.4 is 11.1 Å². The molecule has 3 atom stereocenters. The zero-order valence-electron chi connectivity index (χ0n) is 17.0. The highest BCUT2D eigenvalue weighted by molar-refractivity contribution is 7.80. The second-order valence-electron chi connectivity index (χ2n) is 7.28. The number of hydrogen-bond acceptors (Lipinski definition) is 4. The van der Waals surface area contributed by atoms with Crippen molar-refractivity contribution in [2.24, 2.45) is 21.6 Å². The van der Waals surface area contributed by atoms with Crippen molar-refractivity contribution in [2.45, 2.75) is 25.6 Å². The average molecular weight is 477 g/mol. The number of halogens is 2. The van der Waals surface area contributed by atoms with Crippen molar-refractivity contribution in [2.75, 3.05) is 7.05 Å². The average Bonchev–Trinajstić information content (AvgIpc) is 2.78. The maximum absolute atomic E-state index is 13.2. The predicted molar refractivity (Wildman–Crippen MR) is 130 cm³/mol. The van der Waals surface area contributed by atoms with Crippen molar-refractivity contribution in [1.82, 2.24) is 10.2 Å². The molecule has 4 N–H and O–H groups in total. The van der Waals surface area contributed by atoms with Gasteiger partial charge in [0.1, 0.15) is 5.84 Å². The highest BCUT2D eigenvalue weighted by atomic mass is 35.5. The number of nitrogens with one attached hydrogen (secondary N) is 2. The van der Waals surface area contributed by atoms with Gasteiger partial charge in [-0.15, -0.1) is 0 Å². The van der Waals surface area contributed by atoms with Gasteiger partial charge in [0.15, 0.2) is 5.11 Å². The first-order valence-electron chi connectivity index (χ1n) is 9.49. The zero-order valence-corrected chi connectivity index (χ0v) is 19.3. The van der Waals surface area contributed by atoms with Gasteiger partial charge in [-0.25, -0.2) is 4.99 Å². The number of benzene rings is 1. The Balaban J connectivity index is 2.03. The second-order valence-corrected chi connectivity index (χ2v) is 8.51. The summed E-state index contributed by atoms with van der Waals surface area (Å²) in [6.07, 6.45) is 4.67. The van der Waals surface area contributed by atoms with Crippen LogP contribution in [-0.2, 0) is 4.79 Å². The minimum atomic E-state index is -1.02. The molecule has 162 valence electrons. The molecule has 1 amide bonds. The molecule has 0 spiro atoms. The second kappa shape index (κ2) is 9.72. The summed E-state index contributed by atoms with van der Waals surface area (Å²) >= 11 is 18.0. The van der Waals surface area contributed by atoms with Gasteiger partial charge in [0.05, 0.1) is 11.8 Å². The molecule has 3 rings (SSSR count). The molecule has 2 aliphatic rings. The molecule has 10 heteroatoms. The van der Waals surface area contributed by atoms with Gasteiger partial charge in [-0.2, -0.15) is 0 Å². The molecule has 7 nitrogen and oxygen atoms in total. The third-order valence-corrected chi connectivity index (χ3v) is 5.66. The zero-order chi connectivity index (χ0) is 22.7. The van der Waals surface area contributed by atoms with E-state index in [1.54, 1.807) is 31.0 Å². The van der Waals surface area contributed by atoms with Gasteiger partial charge in [-0.1, -0.05) is 53.6 Å². The summed E-state index contributed by atoms with van der Waals surface area (Å²) < 4.78 is 0. The molecule has 1 aromatic carbocycles. The Kier molecular flexibility index (Phi) is 7.25. The van der Waals surface area contributed by atoms with E-state index in [9.17, 15) is 4.79 Å². The van der Waals surface area contributed by atoms with Gasteiger partial charge in [0, 0.05) is 40.7 Å². The van der Waals surface area contributed by atoms with E-state index in [1.165, 1.54) is 0 Å². The normalized spacial score (nSPS) is 23.5. The Hall–Kier alpha value is -2.55. The number of rotatable bonds is 4. The molecular formula is C21H22Cl2N6OS. The molecule has 0 saturated carbocycles. The molecule has 1 aromatic rings. The molecule has 0 bridgehead atoms. The van der Waals surface area contributed by atoms with Crippen LogP contribution >= 0.6 is 35.4 Å². The van der Waals surface area contributed by atoms with Gasteiger partial charge < -0.3 is 21.4 Å². The summed E-state index contributed by atoms with van der Waals surface area (Å²) in [5.74, 6) is -0.394. The van der Waals surface area contributed by atoms with E-state index >= 15 is 0 Å². The number of nitrogens with zero attached hydrogens (tertiary/aromatic N) is 3. The Morgan fingerprint density at radius 3 is 2.77 bits per heavy atom. The molecule has 0 radical (unpaired) electrons. The third kappa shape index (κ3) is 5.39. The van der Waals surface area contributed by atoms with Crippen LogP contribution in [0.15, 0.2) is 57.5 Å². The first-order valence-corrected chi connectivity index (χ1v) is 10.7. The molecule has 1 heterocycles. The maximum atomic E-state index is 13.2. The van der Waals surface area contributed by atoms with Crippen molar-refractivity contribution < 1.29 is 4.79 Å². The standard InChI is InChI=1S/C21H22Cl2N6OS/c1-11(24)9-17(25)26-21(31)28-19-20(30)29(2)16-8-7-12(22)10-14(16)18(27-19)13-5-3-4-6-15(13)23/h3-8,10,14,16,19,24H,9H2,1-2H3,(H3,25,26,28,31). The van der Waals surface area contributed by atoms with Crippen molar-refractivity contribution in [3.05, 3.63) is 58.1 Å². The number of allylic oxidation sites excluding steroid dienone is 2. The van der Waals surface area contributed by atoms with Gasteiger partial charge in [-0.3, -0.25) is 9.79 Å². The molecule has 1 aliphatic carbocycles. The quantitative estimate of drug-likeness (QED) is 0.352. The fourth-order valence-electron chi connectivity index (χ4n) is 3.47. The number of nitrogens with two attached hydrogens (primary N) is 1. The van der Waals surface area contributed by atoms with Crippen LogP contribution in [0.3, 0.4) is 0 Å². The Morgan fingerprint density at radius 1 is 1.39 bits per heavy atom. The Morgan fingerprint density at radius 2 is 2.10 bits per heavy atom. The van der Waals surface area contributed by atoms with Crippen LogP contribution in [0.5, 0.6) is 0 Å². The topological polar surface area (TPSA) is 107 Å². The van der Waals surface area contributed by atoms with Crippen molar-refractivity contribution >= 4 is 63.7 Å². The number of likely N-dealkylation sites (N-methyl/N-ethyl adjacent to an activating group) is 1. The lowest BCUT2D eigenvalue weighted by atomic mass is 9.86. The van der Waals surface area contributed by atoms with Crippen LogP contribution in [0.4, 0.5) is 0 Å². The predicted octanol–water partition coefficient (Wildman–Crippen LogP) is 3.27. The molecular weight excluding hydrogens is 455 g/mol. The monoisotopic (exact) mass is 476 g/mol. The lowest BCUT2D eigenvalue weighted by Crippen LogP contribution is -2.48. The number of amides is 1. The lowest BCUT2D eigenvalue weighted by Gasteiger charge is -2.32. The summed E-state index contributed by atoms with van der Waals surface area (Å²) in [7, 11) is 1.70. The highest BCUT2D eigenvalue weighted by Crippen LogP contribution is 2.32. The Bertz CT molecular complexity index is 1050. The minimum absolute atomic E-state index is 0.0155. The molecule has 0 saturated heterocycles. The number of carbonyl (C=O) groups excluding carboxylic acids is 1. The summed E-state index contributed by atoms with van der Waals surface area (Å²) in [6.45, 7) is 1.62. The summed E-state index contributed by atoms with van der Waals surface area (Å²) in [6, 6.07) is 7.02. The van der Waals surface area contributed by atoms with Crippen LogP contribution in [0.25, 0.3) is 0 Å². The van der Waals surface area contributed by atoms with E-state index in [0.717, 1.165) is 0 Å². The van der Waals surface area contributed by atoms with Gasteiger partial charge in [-0.05, 0) is 31.3 Å². The lowest BCUT2D eigenvalue weighted by molar-refractivity contribution is -0.132. The molecule has 1 aliphatic heterocycles. The minimum Gasteiger partial charge on any atom is -0.387 e. The smallest absolute Gasteiger partial charge is 0.268 e. The van der Waals surface area contributed by atoms with Crippen LogP contribution in [0.1, 0.15) is 18.9 Å². The van der Waals surface area contributed by atoms with Crippen LogP contribution in [-0.4, -0.2) is 52.4 Å². The van der Waals surface area contributed by atoms with Gasteiger partial charge in [0.2, 0.25) is 6.17 Å². The van der Waals surface area contributed by atoms with Crippen LogP contribution in [0, 0.1) is 11.3 Å². The third-order valence-electron chi connectivity index (χ3n) is 4.87. The molecule has 31 heavy (non-hydrogen) atoms. The van der Waals surface area contributed by atoms with Gasteiger partial charge in [0.25, 0.3) is 5.91 Å². The van der Waals surface area contributed by atoms with E-state index in [4.69, 9.17) is 51.6 Å². The summed E-state index contributed by atoms with van der Waals surface area (Å²) in [5.41, 5.74) is 7.50. The van der Waals surface area contributed by atoms with Crippen LogP contribution in [0.2, 0.25) is 5.02 Å². The summed E-state index contributed by atoms with van der Waals surface area (Å²) in [4.78, 5) is 23.6. The fraction of sp³-hybridized carbons (Fsp3) is 0.286. The first kappa shape index (κ1) is 23.1. The first-order chi connectivity index (χ1) is 14.7. The maximum Gasteiger partial charge on any atom is 0.268 e. The number of fused-ring (bicyclic) bond motifs is 1. The highest BCUT2D eigenvalue weighted by Gasteiger charge is 2.38. The largest absolute Gasteiger partial charge is 0.387 e. The molecule has 3 unspecified atom stereocenters. The van der Waals surface area contributed by atoms with E-state index in [1.807, 2.05) is 30.4 Å². The molecule has 0 aromatic heterocycles. The van der Waals surface area contributed by atoms with E-state index < -0.39 is 6.17 Å². The van der Waals surface area contributed by atoms with Crippen molar-refractivity contribution in [1.29, 1.82) is 5.41 Å². The van der Waals surface area contributed by atoms with E-state index in [2.05, 4.69) is 10.3 Å². The number of hydrogen-bond donors (Lipinski definition) is 3. The SMILES string of the molecule is CC(=N)C/C(N)=N/C(=S)NC1N=C(c2ccccc2Cl)C2C=C(Cl)C=CC2N(C)C1=O.